The van der Waals surface area contributed by atoms with Crippen LogP contribution >= 0.6 is 0 Å². The van der Waals surface area contributed by atoms with Gasteiger partial charge in [-0.15, -0.1) is 0 Å². The van der Waals surface area contributed by atoms with Crippen molar-refractivity contribution >= 4 is 6.29 Å². The summed E-state index contributed by atoms with van der Waals surface area (Å²) in [6.07, 6.45) is 46.2. The molecule has 1 nitrogen and oxygen atoms in total. The van der Waals surface area contributed by atoms with Gasteiger partial charge in [0.1, 0.15) is 6.29 Å². The zero-order valence-electron chi connectivity index (χ0n) is 26.7. The number of carbonyl (C=O) groups is 1. The summed E-state index contributed by atoms with van der Waals surface area (Å²) in [5.41, 5.74) is 9.07. The fourth-order valence-corrected chi connectivity index (χ4v) is 2.94. The van der Waals surface area contributed by atoms with Gasteiger partial charge >= 0.3 is 0 Å². The van der Waals surface area contributed by atoms with Crippen LogP contribution in [0.1, 0.15) is 62.3 Å². The number of rotatable bonds is 15. The lowest BCUT2D eigenvalue weighted by atomic mass is 10.2. The van der Waals surface area contributed by atoms with Crippen molar-refractivity contribution < 1.29 is 4.79 Å². The molecule has 0 saturated heterocycles. The number of allylic oxidation sites excluding steroid dienone is 30. The minimum atomic E-state index is 0.708. The van der Waals surface area contributed by atoms with Crippen LogP contribution in [0.25, 0.3) is 0 Å². The first kappa shape index (κ1) is 36.8. The van der Waals surface area contributed by atoms with Crippen molar-refractivity contribution in [2.45, 2.75) is 62.3 Å². The fraction of sp³-hybridized carbons (Fsp3) is 0.225. The second kappa shape index (κ2) is 23.6. The van der Waals surface area contributed by atoms with Crippen LogP contribution in [0.15, 0.2) is 178 Å². The topological polar surface area (TPSA) is 17.1 Å². The third-order valence-electron chi connectivity index (χ3n) is 5.40. The molecule has 0 atom stereocenters. The van der Waals surface area contributed by atoms with Crippen LogP contribution in [0.2, 0.25) is 0 Å². The first-order chi connectivity index (χ1) is 19.5. The monoisotopic (exact) mass is 546 g/mol. The quantitative estimate of drug-likeness (QED) is 0.113. The third kappa shape index (κ3) is 24.5. The maximum atomic E-state index is 10.6. The van der Waals surface area contributed by atoms with Crippen LogP contribution in [-0.4, -0.2) is 6.29 Å². The van der Waals surface area contributed by atoms with Crippen LogP contribution in [0, 0.1) is 0 Å². The maximum Gasteiger partial charge on any atom is 0.145 e. The number of aldehydes is 1. The van der Waals surface area contributed by atoms with Gasteiger partial charge < -0.3 is 0 Å². The minimum absolute atomic E-state index is 0.708. The van der Waals surface area contributed by atoms with Crippen molar-refractivity contribution in [3.05, 3.63) is 178 Å². The molecule has 0 aromatic carbocycles. The summed E-state index contributed by atoms with van der Waals surface area (Å²) in [6.45, 7) is 18.5. The SMILES string of the molecule is CC(C)=CC=CC(C)=CC=CC(C)=CC=CC(C)=CC=CC=C(C)C=CC=C(C)C=CC=C(C)C=CC=C(C)C=O. The van der Waals surface area contributed by atoms with Crippen molar-refractivity contribution in [2.75, 3.05) is 0 Å². The van der Waals surface area contributed by atoms with Crippen LogP contribution < -0.4 is 0 Å². The minimum Gasteiger partial charge on any atom is -0.298 e. The van der Waals surface area contributed by atoms with Crippen molar-refractivity contribution in [2.24, 2.45) is 0 Å². The van der Waals surface area contributed by atoms with E-state index in [1.54, 1.807) is 13.0 Å². The molecule has 0 unspecified atom stereocenters. The lowest BCUT2D eigenvalue weighted by Crippen LogP contribution is -1.73. The number of hydrogen-bond donors (Lipinski definition) is 0. The maximum absolute atomic E-state index is 10.6. The zero-order valence-corrected chi connectivity index (χ0v) is 26.7. The molecule has 0 aliphatic heterocycles. The Morgan fingerprint density at radius 2 is 0.512 bits per heavy atom. The van der Waals surface area contributed by atoms with E-state index < -0.39 is 0 Å². The van der Waals surface area contributed by atoms with Crippen LogP contribution in [0.3, 0.4) is 0 Å². The third-order valence-corrected chi connectivity index (χ3v) is 5.40. The van der Waals surface area contributed by atoms with E-state index in [2.05, 4.69) is 152 Å². The lowest BCUT2D eigenvalue weighted by Gasteiger charge is -1.91. The van der Waals surface area contributed by atoms with E-state index in [4.69, 9.17) is 0 Å². The predicted octanol–water partition coefficient (Wildman–Crippen LogP) is 11.7. The summed E-state index contributed by atoms with van der Waals surface area (Å²) in [6, 6.07) is 0. The van der Waals surface area contributed by atoms with Crippen molar-refractivity contribution in [1.82, 2.24) is 0 Å². The summed E-state index contributed by atoms with van der Waals surface area (Å²) in [7, 11) is 0. The van der Waals surface area contributed by atoms with Crippen LogP contribution in [-0.2, 0) is 4.79 Å². The summed E-state index contributed by atoms with van der Waals surface area (Å²) < 4.78 is 0. The Hall–Kier alpha value is -4.23. The second-order valence-corrected chi connectivity index (χ2v) is 10.3. The van der Waals surface area contributed by atoms with E-state index in [1.807, 2.05) is 31.2 Å². The average Bonchev–Trinajstić information content (AvgIpc) is 2.90. The molecule has 0 saturated carbocycles. The molecule has 0 amide bonds. The standard InChI is InChI=1S/C40H50O/c1-33(2)18-12-21-36(5)24-15-27-37(6)25-13-22-34(3)19-10-11-20-35(4)23-14-26-38(7)28-16-29-39(8)30-17-31-40(9)32-41/h10-32H,1-9H3. The molecular weight excluding hydrogens is 496 g/mol. The van der Waals surface area contributed by atoms with E-state index in [-0.39, 0.29) is 0 Å². The van der Waals surface area contributed by atoms with Crippen molar-refractivity contribution in [3.63, 3.8) is 0 Å². The molecule has 0 aromatic heterocycles. The zero-order chi connectivity index (χ0) is 30.9. The van der Waals surface area contributed by atoms with Crippen molar-refractivity contribution in [3.8, 4) is 0 Å². The normalized spacial score (nSPS) is 15.9. The lowest BCUT2D eigenvalue weighted by molar-refractivity contribution is -0.104. The Kier molecular flexibility index (Phi) is 21.2. The van der Waals surface area contributed by atoms with Gasteiger partial charge in [-0.3, -0.25) is 4.79 Å². The summed E-state index contributed by atoms with van der Waals surface area (Å²) >= 11 is 0. The molecule has 216 valence electrons. The second-order valence-electron chi connectivity index (χ2n) is 10.3. The van der Waals surface area contributed by atoms with E-state index in [9.17, 15) is 4.79 Å². The highest BCUT2D eigenvalue weighted by atomic mass is 16.1. The fourth-order valence-electron chi connectivity index (χ4n) is 2.94. The molecule has 0 aromatic rings. The molecule has 0 aliphatic carbocycles. The Balaban J connectivity index is 4.82. The first-order valence-corrected chi connectivity index (χ1v) is 14.1. The van der Waals surface area contributed by atoms with Gasteiger partial charge in [0.15, 0.2) is 0 Å². The molecule has 0 bridgehead atoms. The van der Waals surface area contributed by atoms with E-state index in [0.29, 0.717) is 5.57 Å². The predicted molar refractivity (Wildman–Crippen MR) is 186 cm³/mol. The summed E-state index contributed by atoms with van der Waals surface area (Å²) in [4.78, 5) is 10.6. The van der Waals surface area contributed by atoms with Crippen LogP contribution in [0.4, 0.5) is 0 Å². The van der Waals surface area contributed by atoms with Gasteiger partial charge in [0.2, 0.25) is 0 Å². The van der Waals surface area contributed by atoms with E-state index in [0.717, 1.165) is 11.9 Å². The number of hydrogen-bond acceptors (Lipinski definition) is 1. The Labute approximate surface area is 251 Å². The van der Waals surface area contributed by atoms with Crippen LogP contribution in [0.5, 0.6) is 0 Å². The smallest absolute Gasteiger partial charge is 0.145 e. The molecule has 0 rings (SSSR count). The van der Waals surface area contributed by atoms with Gasteiger partial charge in [-0.1, -0.05) is 173 Å². The van der Waals surface area contributed by atoms with Gasteiger partial charge in [-0.05, 0) is 67.9 Å². The molecule has 41 heavy (non-hydrogen) atoms. The van der Waals surface area contributed by atoms with Gasteiger partial charge in [0, 0.05) is 0 Å². The molecule has 0 heterocycles. The highest BCUT2D eigenvalue weighted by Crippen LogP contribution is 2.04. The largest absolute Gasteiger partial charge is 0.298 e. The summed E-state index contributed by atoms with van der Waals surface area (Å²) in [5.74, 6) is 0. The van der Waals surface area contributed by atoms with Gasteiger partial charge in [0.05, 0.1) is 0 Å². The van der Waals surface area contributed by atoms with Gasteiger partial charge in [0.25, 0.3) is 0 Å². The van der Waals surface area contributed by atoms with Gasteiger partial charge in [-0.2, -0.15) is 0 Å². The van der Waals surface area contributed by atoms with E-state index >= 15 is 0 Å². The average molecular weight is 547 g/mol. The van der Waals surface area contributed by atoms with Gasteiger partial charge in [-0.25, -0.2) is 0 Å². The Bertz CT molecular complexity index is 1290. The first-order valence-electron chi connectivity index (χ1n) is 14.1. The molecule has 1 heteroatoms. The number of carbonyl (C=O) groups excluding carboxylic acids is 1. The molecule has 0 N–H and O–H groups in total. The summed E-state index contributed by atoms with van der Waals surface area (Å²) in [5, 5.41) is 0. The molecular formula is C40H50O. The Morgan fingerprint density at radius 1 is 0.293 bits per heavy atom. The molecule has 0 fully saturated rings. The molecule has 0 aliphatic rings. The molecule has 0 spiro atoms. The van der Waals surface area contributed by atoms with E-state index in [1.165, 1.54) is 33.4 Å². The Morgan fingerprint density at radius 3 is 0.756 bits per heavy atom. The highest BCUT2D eigenvalue weighted by Gasteiger charge is 1.84. The van der Waals surface area contributed by atoms with Crippen molar-refractivity contribution in [1.29, 1.82) is 0 Å². The highest BCUT2D eigenvalue weighted by molar-refractivity contribution is 5.72. The molecule has 0 radical (unpaired) electrons.